The van der Waals surface area contributed by atoms with Crippen molar-refractivity contribution in [2.45, 2.75) is 26.5 Å². The number of hydrogen-bond acceptors (Lipinski definition) is 5. The molecule has 3 rings (SSSR count). The Kier molecular flexibility index (Phi) is 4.92. The molecule has 8 heteroatoms. The van der Waals surface area contributed by atoms with E-state index >= 15 is 0 Å². The van der Waals surface area contributed by atoms with Crippen molar-refractivity contribution >= 4 is 28.6 Å². The van der Waals surface area contributed by atoms with Crippen LogP contribution in [0.4, 0.5) is 10.1 Å². The second kappa shape index (κ2) is 7.30. The van der Waals surface area contributed by atoms with Gasteiger partial charge in [-0.2, -0.15) is 0 Å². The van der Waals surface area contributed by atoms with Crippen LogP contribution in [0.1, 0.15) is 24.2 Å². The number of rotatable bonds is 5. The SMILES string of the molecule is CCn1nnc2cc(C(=O)OC(C)C(=O)Nc3ccccc3F)ccc21. The predicted molar refractivity (Wildman–Crippen MR) is 93.1 cm³/mol. The zero-order valence-corrected chi connectivity index (χ0v) is 14.3. The second-order valence-corrected chi connectivity index (χ2v) is 5.63. The Morgan fingerprint density at radius 2 is 2.04 bits per heavy atom. The Bertz CT molecular complexity index is 970. The van der Waals surface area contributed by atoms with E-state index in [0.29, 0.717) is 12.1 Å². The molecule has 3 aromatic rings. The lowest BCUT2D eigenvalue weighted by molar-refractivity contribution is -0.123. The highest BCUT2D eigenvalue weighted by Gasteiger charge is 2.20. The molecule has 0 bridgehead atoms. The molecule has 0 spiro atoms. The number of carbonyl (C=O) groups excluding carboxylic acids is 2. The van der Waals surface area contributed by atoms with Gasteiger partial charge in [-0.15, -0.1) is 5.10 Å². The number of anilines is 1. The first kappa shape index (κ1) is 17.5. The molecule has 26 heavy (non-hydrogen) atoms. The van der Waals surface area contributed by atoms with E-state index in [0.717, 1.165) is 5.52 Å². The van der Waals surface area contributed by atoms with Gasteiger partial charge in [0.1, 0.15) is 11.3 Å². The normalized spacial score (nSPS) is 12.0. The lowest BCUT2D eigenvalue weighted by Gasteiger charge is -2.14. The number of benzene rings is 2. The van der Waals surface area contributed by atoms with Gasteiger partial charge in [0.2, 0.25) is 0 Å². The minimum Gasteiger partial charge on any atom is -0.449 e. The van der Waals surface area contributed by atoms with Gasteiger partial charge in [0.15, 0.2) is 6.10 Å². The zero-order valence-electron chi connectivity index (χ0n) is 14.3. The Labute approximate surface area is 148 Å². The Morgan fingerprint density at radius 3 is 2.77 bits per heavy atom. The fraction of sp³-hybridized carbons (Fsp3) is 0.222. The molecular weight excluding hydrogens is 339 g/mol. The van der Waals surface area contributed by atoms with Crippen LogP contribution in [-0.4, -0.2) is 33.0 Å². The van der Waals surface area contributed by atoms with Crippen molar-refractivity contribution in [1.82, 2.24) is 15.0 Å². The predicted octanol–water partition coefficient (Wildman–Crippen LogP) is 2.77. The third-order valence-electron chi connectivity index (χ3n) is 3.83. The Morgan fingerprint density at radius 1 is 1.27 bits per heavy atom. The van der Waals surface area contributed by atoms with Crippen molar-refractivity contribution in [1.29, 1.82) is 0 Å². The molecule has 1 amide bonds. The summed E-state index contributed by atoms with van der Waals surface area (Å²) in [5, 5.41) is 10.4. The van der Waals surface area contributed by atoms with Gasteiger partial charge in [0.25, 0.3) is 5.91 Å². The third-order valence-corrected chi connectivity index (χ3v) is 3.83. The van der Waals surface area contributed by atoms with E-state index in [1.54, 1.807) is 28.9 Å². The lowest BCUT2D eigenvalue weighted by atomic mass is 10.2. The van der Waals surface area contributed by atoms with E-state index in [-0.39, 0.29) is 11.3 Å². The van der Waals surface area contributed by atoms with Crippen LogP contribution in [0.5, 0.6) is 0 Å². The molecule has 0 aliphatic rings. The fourth-order valence-electron chi connectivity index (χ4n) is 2.41. The number of aryl methyl sites for hydroxylation is 1. The third kappa shape index (κ3) is 3.53. The quantitative estimate of drug-likeness (QED) is 0.711. The van der Waals surface area contributed by atoms with Crippen LogP contribution in [0.15, 0.2) is 42.5 Å². The van der Waals surface area contributed by atoms with Crippen molar-refractivity contribution in [3.05, 3.63) is 53.8 Å². The van der Waals surface area contributed by atoms with Crippen molar-refractivity contribution in [3.8, 4) is 0 Å². The number of halogens is 1. The number of ether oxygens (including phenoxy) is 1. The van der Waals surface area contributed by atoms with E-state index in [1.807, 2.05) is 6.92 Å². The molecule has 134 valence electrons. The number of para-hydroxylation sites is 1. The second-order valence-electron chi connectivity index (χ2n) is 5.63. The topological polar surface area (TPSA) is 86.1 Å². The molecule has 1 heterocycles. The largest absolute Gasteiger partial charge is 0.449 e. The van der Waals surface area contributed by atoms with Gasteiger partial charge in [-0.1, -0.05) is 17.3 Å². The summed E-state index contributed by atoms with van der Waals surface area (Å²) >= 11 is 0. The molecule has 0 fully saturated rings. The average Bonchev–Trinajstić information content (AvgIpc) is 3.05. The molecule has 1 aromatic heterocycles. The van der Waals surface area contributed by atoms with Crippen LogP contribution in [0.3, 0.4) is 0 Å². The van der Waals surface area contributed by atoms with Crippen LogP contribution >= 0.6 is 0 Å². The maximum absolute atomic E-state index is 13.6. The standard InChI is InChI=1S/C18H17FN4O3/c1-3-23-16-9-8-12(10-15(16)21-22-23)18(25)26-11(2)17(24)20-14-7-5-4-6-13(14)19/h4-11H,3H2,1-2H3,(H,20,24). The van der Waals surface area contributed by atoms with Gasteiger partial charge in [-0.3, -0.25) is 4.79 Å². The first-order valence-electron chi connectivity index (χ1n) is 8.09. The smallest absolute Gasteiger partial charge is 0.338 e. The summed E-state index contributed by atoms with van der Waals surface area (Å²) in [6.07, 6.45) is -1.09. The maximum atomic E-state index is 13.6. The van der Waals surface area contributed by atoms with E-state index in [9.17, 15) is 14.0 Å². The summed E-state index contributed by atoms with van der Waals surface area (Å²) in [4.78, 5) is 24.4. The van der Waals surface area contributed by atoms with Crippen LogP contribution in [0, 0.1) is 5.82 Å². The number of fused-ring (bicyclic) bond motifs is 1. The minimum atomic E-state index is -1.09. The summed E-state index contributed by atoms with van der Waals surface area (Å²) in [6, 6.07) is 10.6. The zero-order chi connectivity index (χ0) is 18.7. The van der Waals surface area contributed by atoms with Gasteiger partial charge in [0, 0.05) is 6.54 Å². The molecule has 0 aliphatic heterocycles. The van der Waals surface area contributed by atoms with Gasteiger partial charge >= 0.3 is 5.97 Å². The van der Waals surface area contributed by atoms with E-state index in [4.69, 9.17) is 4.74 Å². The van der Waals surface area contributed by atoms with Crippen LogP contribution < -0.4 is 5.32 Å². The molecular formula is C18H17FN4O3. The van der Waals surface area contributed by atoms with Crippen molar-refractivity contribution < 1.29 is 18.7 Å². The molecule has 0 saturated carbocycles. The first-order valence-corrected chi connectivity index (χ1v) is 8.09. The highest BCUT2D eigenvalue weighted by atomic mass is 19.1. The van der Waals surface area contributed by atoms with E-state index < -0.39 is 23.8 Å². The summed E-state index contributed by atoms with van der Waals surface area (Å²) in [6.45, 7) is 4.01. The van der Waals surface area contributed by atoms with Crippen LogP contribution in [0.25, 0.3) is 11.0 Å². The van der Waals surface area contributed by atoms with Crippen LogP contribution in [-0.2, 0) is 16.1 Å². The number of amides is 1. The Hall–Kier alpha value is -3.29. The van der Waals surface area contributed by atoms with Crippen molar-refractivity contribution in [2.24, 2.45) is 0 Å². The van der Waals surface area contributed by atoms with Crippen molar-refractivity contribution in [2.75, 3.05) is 5.32 Å². The van der Waals surface area contributed by atoms with E-state index in [1.165, 1.54) is 25.1 Å². The molecule has 1 unspecified atom stereocenters. The van der Waals surface area contributed by atoms with Gasteiger partial charge < -0.3 is 10.1 Å². The monoisotopic (exact) mass is 356 g/mol. The number of esters is 1. The fourth-order valence-corrected chi connectivity index (χ4v) is 2.41. The van der Waals surface area contributed by atoms with E-state index in [2.05, 4.69) is 15.6 Å². The summed E-state index contributed by atoms with van der Waals surface area (Å²) < 4.78 is 20.5. The number of hydrogen-bond donors (Lipinski definition) is 1. The van der Waals surface area contributed by atoms with Crippen LogP contribution in [0.2, 0.25) is 0 Å². The maximum Gasteiger partial charge on any atom is 0.338 e. The lowest BCUT2D eigenvalue weighted by Crippen LogP contribution is -2.30. The summed E-state index contributed by atoms with van der Waals surface area (Å²) in [5.74, 6) is -1.86. The van der Waals surface area contributed by atoms with Gasteiger partial charge in [0.05, 0.1) is 16.8 Å². The molecule has 2 aromatic carbocycles. The molecule has 0 aliphatic carbocycles. The molecule has 0 radical (unpaired) electrons. The average molecular weight is 356 g/mol. The molecule has 1 N–H and O–H groups in total. The minimum absolute atomic E-state index is 0.0259. The van der Waals surface area contributed by atoms with Gasteiger partial charge in [-0.25, -0.2) is 13.9 Å². The summed E-state index contributed by atoms with van der Waals surface area (Å²) in [5.41, 5.74) is 1.64. The first-order chi connectivity index (χ1) is 12.5. The Balaban J connectivity index is 1.68. The molecule has 7 nitrogen and oxygen atoms in total. The highest BCUT2D eigenvalue weighted by molar-refractivity contribution is 5.98. The number of nitrogens with one attached hydrogen (secondary N) is 1. The highest BCUT2D eigenvalue weighted by Crippen LogP contribution is 2.16. The number of nitrogens with zero attached hydrogens (tertiary/aromatic N) is 3. The molecule has 0 saturated heterocycles. The molecule has 1 atom stereocenters. The summed E-state index contributed by atoms with van der Waals surface area (Å²) in [7, 11) is 0. The number of aromatic nitrogens is 3. The number of carbonyl (C=O) groups is 2. The van der Waals surface area contributed by atoms with Gasteiger partial charge in [-0.05, 0) is 44.2 Å². The van der Waals surface area contributed by atoms with Crippen molar-refractivity contribution in [3.63, 3.8) is 0 Å².